The largest absolute Gasteiger partial charge is 0.497 e. The Morgan fingerprint density at radius 3 is 2.20 bits per heavy atom. The molecule has 0 aliphatic heterocycles. The van der Waals surface area contributed by atoms with Crippen molar-refractivity contribution in [2.24, 2.45) is 11.7 Å². The van der Waals surface area contributed by atoms with Crippen molar-refractivity contribution in [3.8, 4) is 11.5 Å². The lowest BCUT2D eigenvalue weighted by Gasteiger charge is -2.24. The number of nitrogens with zero attached hydrogens (tertiary/aromatic N) is 3. The van der Waals surface area contributed by atoms with E-state index in [0.29, 0.717) is 46.4 Å². The molecule has 1 fully saturated rings. The number of sulfonamides is 1. The first-order valence-corrected chi connectivity index (χ1v) is 14.2. The molecule has 208 valence electrons. The number of carbonyl (C=O) groups is 1. The molecule has 11 nitrogen and oxygen atoms in total. The number of nitrogens with two attached hydrogens (primary N) is 1. The highest BCUT2D eigenvalue weighted by atomic mass is 32.2. The number of fused-ring (bicyclic) bond motifs is 1. The van der Waals surface area contributed by atoms with Gasteiger partial charge in [0.25, 0.3) is 10.0 Å². The summed E-state index contributed by atoms with van der Waals surface area (Å²) in [6, 6.07) is 18.8. The van der Waals surface area contributed by atoms with Crippen LogP contribution in [-0.2, 0) is 14.8 Å². The second-order valence-corrected chi connectivity index (χ2v) is 11.2. The Labute approximate surface area is 232 Å². The maximum Gasteiger partial charge on any atom is 0.263 e. The zero-order valence-corrected chi connectivity index (χ0v) is 22.9. The molecule has 4 N–H and O–H groups in total. The van der Waals surface area contributed by atoms with Gasteiger partial charge in [0.2, 0.25) is 5.91 Å². The van der Waals surface area contributed by atoms with Crippen LogP contribution in [0.25, 0.3) is 11.0 Å². The smallest absolute Gasteiger partial charge is 0.263 e. The predicted molar refractivity (Wildman–Crippen MR) is 154 cm³/mol. The minimum Gasteiger partial charge on any atom is -0.497 e. The third-order valence-corrected chi connectivity index (χ3v) is 7.77. The number of carbonyl (C=O) groups excluding carboxylic acids is 1. The summed E-state index contributed by atoms with van der Waals surface area (Å²) in [7, 11) is -1.03. The maximum atomic E-state index is 13.6. The van der Waals surface area contributed by atoms with Crippen molar-refractivity contribution in [1.82, 2.24) is 9.97 Å². The second kappa shape index (κ2) is 11.3. The van der Waals surface area contributed by atoms with Crippen LogP contribution in [0.2, 0.25) is 0 Å². The molecule has 1 heterocycles. The number of ether oxygens (including phenoxy) is 2. The van der Waals surface area contributed by atoms with Gasteiger partial charge < -0.3 is 25.4 Å². The highest BCUT2D eigenvalue weighted by molar-refractivity contribution is 7.92. The number of anilines is 4. The number of hydrogen-bond donors (Lipinski definition) is 3. The van der Waals surface area contributed by atoms with Crippen LogP contribution in [0, 0.1) is 5.92 Å². The van der Waals surface area contributed by atoms with Gasteiger partial charge in [-0.3, -0.25) is 9.52 Å². The van der Waals surface area contributed by atoms with Gasteiger partial charge >= 0.3 is 0 Å². The fourth-order valence-electron chi connectivity index (χ4n) is 4.27. The van der Waals surface area contributed by atoms with Crippen molar-refractivity contribution < 1.29 is 22.7 Å². The van der Waals surface area contributed by atoms with E-state index in [0.717, 1.165) is 12.8 Å². The highest BCUT2D eigenvalue weighted by Crippen LogP contribution is 2.33. The van der Waals surface area contributed by atoms with Crippen LogP contribution >= 0.6 is 0 Å². The molecule has 3 aromatic carbocycles. The summed E-state index contributed by atoms with van der Waals surface area (Å²) in [4.78, 5) is 22.7. The van der Waals surface area contributed by atoms with Gasteiger partial charge in [0, 0.05) is 36.1 Å². The van der Waals surface area contributed by atoms with Gasteiger partial charge in [0.1, 0.15) is 11.5 Å². The number of benzene rings is 3. The first-order valence-electron chi connectivity index (χ1n) is 12.7. The second-order valence-electron chi connectivity index (χ2n) is 9.53. The summed E-state index contributed by atoms with van der Waals surface area (Å²) in [5.41, 5.74) is 7.71. The van der Waals surface area contributed by atoms with E-state index in [9.17, 15) is 13.2 Å². The van der Waals surface area contributed by atoms with Crippen molar-refractivity contribution in [3.63, 3.8) is 0 Å². The topological polar surface area (TPSA) is 149 Å². The molecule has 1 saturated carbocycles. The van der Waals surface area contributed by atoms with E-state index in [1.807, 2.05) is 11.0 Å². The molecule has 4 aromatic rings. The molecule has 12 heteroatoms. The number of para-hydroxylation sites is 2. The summed E-state index contributed by atoms with van der Waals surface area (Å²) in [6.07, 6.45) is 2.15. The molecular weight excluding hydrogens is 532 g/mol. The molecule has 0 spiro atoms. The molecule has 0 saturated heterocycles. The Hall–Kier alpha value is -4.58. The van der Waals surface area contributed by atoms with E-state index in [1.165, 1.54) is 26.4 Å². The first kappa shape index (κ1) is 27.0. The number of hydrogen-bond acceptors (Lipinski definition) is 9. The summed E-state index contributed by atoms with van der Waals surface area (Å²) in [5.74, 6) is 1.27. The van der Waals surface area contributed by atoms with Crippen molar-refractivity contribution in [3.05, 3.63) is 66.7 Å². The monoisotopic (exact) mass is 562 g/mol. The number of methoxy groups -OCH3 is 2. The average molecular weight is 563 g/mol. The van der Waals surface area contributed by atoms with Gasteiger partial charge in [-0.2, -0.15) is 0 Å². The van der Waals surface area contributed by atoms with Crippen LogP contribution in [0.15, 0.2) is 71.6 Å². The average Bonchev–Trinajstić information content (AvgIpc) is 3.76. The van der Waals surface area contributed by atoms with Crippen molar-refractivity contribution >= 4 is 50.0 Å². The molecule has 0 unspecified atom stereocenters. The van der Waals surface area contributed by atoms with E-state index < -0.39 is 15.9 Å². The van der Waals surface area contributed by atoms with Crippen molar-refractivity contribution in [1.29, 1.82) is 0 Å². The molecule has 1 aromatic heterocycles. The SMILES string of the molecule is COc1cc(Nc2nc3ccccc3nc2NS(=O)(=O)c2cccc(N(CC(N)=O)CC3CC3)c2)cc(OC)c1. The Kier molecular flexibility index (Phi) is 7.60. The molecule has 0 atom stereocenters. The number of nitrogens with one attached hydrogen (secondary N) is 2. The van der Waals surface area contributed by atoms with Crippen LogP contribution in [0.1, 0.15) is 12.8 Å². The Morgan fingerprint density at radius 2 is 1.60 bits per heavy atom. The maximum absolute atomic E-state index is 13.6. The lowest BCUT2D eigenvalue weighted by atomic mass is 10.2. The van der Waals surface area contributed by atoms with Crippen LogP contribution in [0.5, 0.6) is 11.5 Å². The molecule has 1 amide bonds. The van der Waals surface area contributed by atoms with Gasteiger partial charge in [-0.05, 0) is 49.1 Å². The number of aromatic nitrogens is 2. The van der Waals surface area contributed by atoms with E-state index in [1.54, 1.807) is 48.5 Å². The molecule has 40 heavy (non-hydrogen) atoms. The van der Waals surface area contributed by atoms with E-state index in [2.05, 4.69) is 20.0 Å². The standard InChI is InChI=1S/C28H30N6O5S/c1-38-21-12-19(13-22(15-21)39-2)30-27-28(32-25-9-4-3-8-24(25)31-27)33-40(36,37)23-7-5-6-20(14-23)34(17-26(29)35)16-18-10-11-18/h3-9,12-15,18H,10-11,16-17H2,1-2H3,(H2,29,35)(H,30,31)(H,32,33). The molecule has 0 bridgehead atoms. The molecular formula is C28H30N6O5S. The van der Waals surface area contributed by atoms with E-state index >= 15 is 0 Å². The normalized spacial score (nSPS) is 13.1. The summed E-state index contributed by atoms with van der Waals surface area (Å²) in [5, 5.41) is 3.15. The van der Waals surface area contributed by atoms with Gasteiger partial charge in [-0.1, -0.05) is 18.2 Å². The number of amides is 1. The Morgan fingerprint density at radius 1 is 0.950 bits per heavy atom. The zero-order chi connectivity index (χ0) is 28.3. The Bertz CT molecular complexity index is 1640. The fraction of sp³-hybridized carbons (Fsp3) is 0.250. The van der Waals surface area contributed by atoms with Crippen molar-refractivity contribution in [2.75, 3.05) is 42.2 Å². The predicted octanol–water partition coefficient (Wildman–Crippen LogP) is 3.89. The minimum atomic E-state index is -4.10. The van der Waals surface area contributed by atoms with Gasteiger partial charge in [0.15, 0.2) is 11.6 Å². The third-order valence-electron chi connectivity index (χ3n) is 6.43. The highest BCUT2D eigenvalue weighted by Gasteiger charge is 2.26. The van der Waals surface area contributed by atoms with Crippen LogP contribution in [0.3, 0.4) is 0 Å². The zero-order valence-electron chi connectivity index (χ0n) is 22.1. The number of primary amides is 1. The molecule has 0 radical (unpaired) electrons. The number of rotatable bonds is 12. The van der Waals surface area contributed by atoms with Gasteiger partial charge in [-0.25, -0.2) is 18.4 Å². The quantitative estimate of drug-likeness (QED) is 0.234. The summed E-state index contributed by atoms with van der Waals surface area (Å²) < 4.78 is 40.5. The van der Waals surface area contributed by atoms with Crippen LogP contribution in [0.4, 0.5) is 23.0 Å². The lowest BCUT2D eigenvalue weighted by molar-refractivity contribution is -0.116. The lowest BCUT2D eigenvalue weighted by Crippen LogP contribution is -2.35. The van der Waals surface area contributed by atoms with Gasteiger partial charge in [-0.15, -0.1) is 0 Å². The van der Waals surface area contributed by atoms with Crippen LogP contribution < -0.4 is 30.1 Å². The van der Waals surface area contributed by atoms with E-state index in [4.69, 9.17) is 15.2 Å². The summed E-state index contributed by atoms with van der Waals surface area (Å²) >= 11 is 0. The third kappa shape index (κ3) is 6.34. The first-order chi connectivity index (χ1) is 19.2. The molecule has 5 rings (SSSR count). The minimum absolute atomic E-state index is 0.00164. The van der Waals surface area contributed by atoms with Gasteiger partial charge in [0.05, 0.1) is 36.7 Å². The Balaban J connectivity index is 1.50. The van der Waals surface area contributed by atoms with Crippen LogP contribution in [-0.4, -0.2) is 51.6 Å². The fourth-order valence-corrected chi connectivity index (χ4v) is 5.32. The summed E-state index contributed by atoms with van der Waals surface area (Å²) in [6.45, 7) is 0.635. The molecule has 1 aliphatic rings. The van der Waals surface area contributed by atoms with E-state index in [-0.39, 0.29) is 23.1 Å². The van der Waals surface area contributed by atoms with Crippen molar-refractivity contribution in [2.45, 2.75) is 17.7 Å². The molecule has 1 aliphatic carbocycles.